The average molecular weight is 270 g/mol. The maximum atomic E-state index is 11.4. The van der Waals surface area contributed by atoms with Gasteiger partial charge in [0.05, 0.1) is 0 Å². The molecular formula is C12H16BrNO. The number of amides is 1. The third-order valence-corrected chi connectivity index (χ3v) is 2.96. The van der Waals surface area contributed by atoms with E-state index >= 15 is 0 Å². The van der Waals surface area contributed by atoms with Crippen molar-refractivity contribution < 1.29 is 4.79 Å². The van der Waals surface area contributed by atoms with Crippen LogP contribution < -0.4 is 5.32 Å². The van der Waals surface area contributed by atoms with Crippen molar-refractivity contribution in [2.24, 2.45) is 0 Å². The van der Waals surface area contributed by atoms with Crippen LogP contribution in [0, 0.1) is 0 Å². The predicted molar refractivity (Wildman–Crippen MR) is 65.5 cm³/mol. The van der Waals surface area contributed by atoms with Crippen molar-refractivity contribution in [2.45, 2.75) is 32.7 Å². The van der Waals surface area contributed by atoms with Crippen LogP contribution in [0.15, 0.2) is 28.7 Å². The molecule has 0 aliphatic carbocycles. The van der Waals surface area contributed by atoms with Crippen LogP contribution in [0.25, 0.3) is 0 Å². The Morgan fingerprint density at radius 1 is 1.40 bits per heavy atom. The highest BCUT2D eigenvalue weighted by Gasteiger charge is 2.02. The molecule has 82 valence electrons. The second kappa shape index (κ2) is 6.62. The molecule has 0 bridgehead atoms. The van der Waals surface area contributed by atoms with Gasteiger partial charge in [-0.25, -0.2) is 0 Å². The van der Waals surface area contributed by atoms with Crippen molar-refractivity contribution in [1.29, 1.82) is 0 Å². The Morgan fingerprint density at radius 2 is 2.13 bits per heavy atom. The molecule has 3 heteroatoms. The number of hydrogen-bond acceptors (Lipinski definition) is 1. The minimum absolute atomic E-state index is 0.132. The van der Waals surface area contributed by atoms with Crippen LogP contribution in [0.3, 0.4) is 0 Å². The lowest BCUT2D eigenvalue weighted by atomic mass is 10.2. The van der Waals surface area contributed by atoms with Crippen molar-refractivity contribution >= 4 is 21.8 Å². The molecule has 0 heterocycles. The van der Waals surface area contributed by atoms with Gasteiger partial charge in [0.25, 0.3) is 0 Å². The van der Waals surface area contributed by atoms with Gasteiger partial charge in [0.1, 0.15) is 0 Å². The lowest BCUT2D eigenvalue weighted by Crippen LogP contribution is -2.22. The Bertz CT molecular complexity index is 325. The van der Waals surface area contributed by atoms with Gasteiger partial charge in [-0.05, 0) is 18.1 Å². The summed E-state index contributed by atoms with van der Waals surface area (Å²) < 4.78 is 1.04. The molecule has 0 spiro atoms. The zero-order valence-electron chi connectivity index (χ0n) is 8.92. The van der Waals surface area contributed by atoms with Crippen molar-refractivity contribution in [3.63, 3.8) is 0 Å². The number of benzene rings is 1. The van der Waals surface area contributed by atoms with E-state index in [1.165, 1.54) is 0 Å². The number of rotatable bonds is 5. The molecular weight excluding hydrogens is 254 g/mol. The highest BCUT2D eigenvalue weighted by molar-refractivity contribution is 9.10. The van der Waals surface area contributed by atoms with Gasteiger partial charge in [-0.15, -0.1) is 0 Å². The highest BCUT2D eigenvalue weighted by Crippen LogP contribution is 2.15. The molecule has 15 heavy (non-hydrogen) atoms. The molecule has 0 radical (unpaired) electrons. The van der Waals surface area contributed by atoms with E-state index in [0.717, 1.165) is 22.9 Å². The van der Waals surface area contributed by atoms with Crippen LogP contribution in [0.2, 0.25) is 0 Å². The summed E-state index contributed by atoms with van der Waals surface area (Å²) in [6.07, 6.45) is 2.64. The predicted octanol–water partition coefficient (Wildman–Crippen LogP) is 3.26. The normalized spacial score (nSPS) is 10.0. The first kappa shape index (κ1) is 12.2. The molecule has 0 aliphatic heterocycles. The van der Waals surface area contributed by atoms with Crippen molar-refractivity contribution in [2.75, 3.05) is 0 Å². The summed E-state index contributed by atoms with van der Waals surface area (Å²) in [5, 5.41) is 2.91. The SMILES string of the molecule is CCCCC(=O)NCc1ccccc1Br. The first-order valence-corrected chi connectivity index (χ1v) is 6.03. The summed E-state index contributed by atoms with van der Waals surface area (Å²) in [5.74, 6) is 0.132. The van der Waals surface area contributed by atoms with E-state index in [1.807, 2.05) is 24.3 Å². The third-order valence-electron chi connectivity index (χ3n) is 2.19. The maximum Gasteiger partial charge on any atom is 0.220 e. The summed E-state index contributed by atoms with van der Waals surface area (Å²) in [6.45, 7) is 2.69. The molecule has 0 aliphatic rings. The summed E-state index contributed by atoms with van der Waals surface area (Å²) >= 11 is 3.45. The van der Waals surface area contributed by atoms with Crippen molar-refractivity contribution in [3.05, 3.63) is 34.3 Å². The standard InChI is InChI=1S/C12H16BrNO/c1-2-3-8-12(15)14-9-10-6-4-5-7-11(10)13/h4-7H,2-3,8-9H2,1H3,(H,14,15). The molecule has 1 N–H and O–H groups in total. The van der Waals surface area contributed by atoms with Gasteiger partial charge in [0.15, 0.2) is 0 Å². The Kier molecular flexibility index (Phi) is 5.40. The van der Waals surface area contributed by atoms with Crippen molar-refractivity contribution in [1.82, 2.24) is 5.32 Å². The van der Waals surface area contributed by atoms with E-state index in [4.69, 9.17) is 0 Å². The fourth-order valence-corrected chi connectivity index (χ4v) is 1.69. The van der Waals surface area contributed by atoms with Gasteiger partial charge >= 0.3 is 0 Å². The Morgan fingerprint density at radius 3 is 2.80 bits per heavy atom. The Labute approximate surface area is 99.2 Å². The average Bonchev–Trinajstić information content (AvgIpc) is 2.25. The van der Waals surface area contributed by atoms with E-state index in [2.05, 4.69) is 28.2 Å². The van der Waals surface area contributed by atoms with E-state index in [9.17, 15) is 4.79 Å². The number of hydrogen-bond donors (Lipinski definition) is 1. The molecule has 0 atom stereocenters. The van der Waals surface area contributed by atoms with Gasteiger partial charge in [0.2, 0.25) is 5.91 Å². The molecule has 0 unspecified atom stereocenters. The number of nitrogens with one attached hydrogen (secondary N) is 1. The molecule has 2 nitrogen and oxygen atoms in total. The maximum absolute atomic E-state index is 11.4. The van der Waals surface area contributed by atoms with Gasteiger partial charge in [-0.1, -0.05) is 47.5 Å². The van der Waals surface area contributed by atoms with Gasteiger partial charge < -0.3 is 5.32 Å². The molecule has 0 aromatic heterocycles. The number of unbranched alkanes of at least 4 members (excludes halogenated alkanes) is 1. The smallest absolute Gasteiger partial charge is 0.220 e. The molecule has 0 fully saturated rings. The lowest BCUT2D eigenvalue weighted by Gasteiger charge is -2.06. The molecule has 1 aromatic carbocycles. The fourth-order valence-electron chi connectivity index (χ4n) is 1.26. The Balaban J connectivity index is 2.37. The highest BCUT2D eigenvalue weighted by atomic mass is 79.9. The van der Waals surface area contributed by atoms with Gasteiger partial charge in [-0.2, -0.15) is 0 Å². The topological polar surface area (TPSA) is 29.1 Å². The Hall–Kier alpha value is -0.830. The van der Waals surface area contributed by atoms with Crippen LogP contribution in [0.4, 0.5) is 0 Å². The van der Waals surface area contributed by atoms with Crippen LogP contribution in [-0.4, -0.2) is 5.91 Å². The monoisotopic (exact) mass is 269 g/mol. The summed E-state index contributed by atoms with van der Waals surface area (Å²) in [6, 6.07) is 7.92. The third kappa shape index (κ3) is 4.47. The molecule has 1 amide bonds. The summed E-state index contributed by atoms with van der Waals surface area (Å²) in [4.78, 5) is 11.4. The second-order valence-electron chi connectivity index (χ2n) is 3.47. The number of carbonyl (C=O) groups excluding carboxylic acids is 1. The van der Waals surface area contributed by atoms with Gasteiger partial charge in [0, 0.05) is 17.4 Å². The van der Waals surface area contributed by atoms with Crippen LogP contribution >= 0.6 is 15.9 Å². The van der Waals surface area contributed by atoms with Crippen LogP contribution in [0.1, 0.15) is 31.7 Å². The van der Waals surface area contributed by atoms with E-state index in [-0.39, 0.29) is 5.91 Å². The quantitative estimate of drug-likeness (QED) is 0.874. The molecule has 1 aromatic rings. The first-order chi connectivity index (χ1) is 7.24. The molecule has 1 rings (SSSR count). The number of halogens is 1. The van der Waals surface area contributed by atoms with E-state index in [1.54, 1.807) is 0 Å². The first-order valence-electron chi connectivity index (χ1n) is 5.24. The van der Waals surface area contributed by atoms with E-state index in [0.29, 0.717) is 13.0 Å². The molecule has 0 saturated carbocycles. The summed E-state index contributed by atoms with van der Waals surface area (Å²) in [5.41, 5.74) is 1.11. The van der Waals surface area contributed by atoms with Gasteiger partial charge in [-0.3, -0.25) is 4.79 Å². The van der Waals surface area contributed by atoms with Crippen LogP contribution in [-0.2, 0) is 11.3 Å². The van der Waals surface area contributed by atoms with Crippen molar-refractivity contribution in [3.8, 4) is 0 Å². The fraction of sp³-hybridized carbons (Fsp3) is 0.417. The minimum atomic E-state index is 0.132. The molecule has 0 saturated heterocycles. The number of carbonyl (C=O) groups is 1. The second-order valence-corrected chi connectivity index (χ2v) is 4.33. The zero-order chi connectivity index (χ0) is 11.1. The van der Waals surface area contributed by atoms with E-state index < -0.39 is 0 Å². The van der Waals surface area contributed by atoms with Crippen LogP contribution in [0.5, 0.6) is 0 Å². The largest absolute Gasteiger partial charge is 0.352 e. The zero-order valence-corrected chi connectivity index (χ0v) is 10.5. The lowest BCUT2D eigenvalue weighted by molar-refractivity contribution is -0.121. The minimum Gasteiger partial charge on any atom is -0.352 e. The summed E-state index contributed by atoms with van der Waals surface area (Å²) in [7, 11) is 0.